The Balaban J connectivity index is 2.29. The second-order valence-electron chi connectivity index (χ2n) is 6.05. The summed E-state index contributed by atoms with van der Waals surface area (Å²) in [7, 11) is 1.45. The number of nitrogens with one attached hydrogen (secondary N) is 1. The highest BCUT2D eigenvalue weighted by atomic mass is 19.4. The molecule has 30 heavy (non-hydrogen) atoms. The van der Waals surface area contributed by atoms with Crippen LogP contribution in [-0.2, 0) is 15.7 Å². The molecule has 0 saturated carbocycles. The third kappa shape index (κ3) is 5.93. The SMILES string of the molecule is CCOC(=O)c1ccc(C(=O)Nc2cc(C(F)(F)F)ccc2OCCOC)nc1C. The van der Waals surface area contributed by atoms with Gasteiger partial charge in [0.15, 0.2) is 0 Å². The highest BCUT2D eigenvalue weighted by molar-refractivity contribution is 6.04. The molecule has 1 amide bonds. The molecule has 2 rings (SSSR count). The third-order valence-electron chi connectivity index (χ3n) is 3.91. The number of halogens is 3. The molecule has 1 N–H and O–H groups in total. The van der Waals surface area contributed by atoms with Crippen molar-refractivity contribution in [3.63, 3.8) is 0 Å². The van der Waals surface area contributed by atoms with Crippen LogP contribution in [0.25, 0.3) is 0 Å². The number of hydrogen-bond donors (Lipinski definition) is 1. The van der Waals surface area contributed by atoms with Gasteiger partial charge in [-0.1, -0.05) is 0 Å². The fourth-order valence-electron chi connectivity index (χ4n) is 2.46. The van der Waals surface area contributed by atoms with E-state index in [0.29, 0.717) is 0 Å². The maximum atomic E-state index is 13.1. The minimum atomic E-state index is -4.60. The number of methoxy groups -OCH3 is 1. The van der Waals surface area contributed by atoms with Gasteiger partial charge in [0.05, 0.1) is 35.7 Å². The number of alkyl halides is 3. The van der Waals surface area contributed by atoms with Crippen LogP contribution in [0.2, 0.25) is 0 Å². The Bertz CT molecular complexity index is 916. The van der Waals surface area contributed by atoms with Gasteiger partial charge in [-0.3, -0.25) is 4.79 Å². The summed E-state index contributed by atoms with van der Waals surface area (Å²) in [6.45, 7) is 3.65. The predicted octanol–water partition coefficient (Wildman–Crippen LogP) is 3.86. The number of ether oxygens (including phenoxy) is 3. The van der Waals surface area contributed by atoms with E-state index in [0.717, 1.165) is 18.2 Å². The summed E-state index contributed by atoms with van der Waals surface area (Å²) >= 11 is 0. The van der Waals surface area contributed by atoms with E-state index in [1.807, 2.05) is 0 Å². The molecular weight excluding hydrogens is 405 g/mol. The number of rotatable bonds is 8. The van der Waals surface area contributed by atoms with E-state index in [-0.39, 0.29) is 48.2 Å². The van der Waals surface area contributed by atoms with Crippen molar-refractivity contribution in [2.75, 3.05) is 32.2 Å². The summed E-state index contributed by atoms with van der Waals surface area (Å²) < 4.78 is 54.4. The molecule has 7 nitrogen and oxygen atoms in total. The molecule has 2 aromatic rings. The number of pyridine rings is 1. The number of aromatic nitrogens is 1. The molecule has 1 heterocycles. The van der Waals surface area contributed by atoms with Crippen molar-refractivity contribution in [2.45, 2.75) is 20.0 Å². The summed E-state index contributed by atoms with van der Waals surface area (Å²) in [5, 5.41) is 2.38. The van der Waals surface area contributed by atoms with Crippen LogP contribution in [0.3, 0.4) is 0 Å². The van der Waals surface area contributed by atoms with Gasteiger partial charge in [-0.05, 0) is 44.2 Å². The van der Waals surface area contributed by atoms with E-state index in [2.05, 4.69) is 10.3 Å². The van der Waals surface area contributed by atoms with E-state index in [1.54, 1.807) is 6.92 Å². The monoisotopic (exact) mass is 426 g/mol. The number of esters is 1. The predicted molar refractivity (Wildman–Crippen MR) is 102 cm³/mol. The summed E-state index contributed by atoms with van der Waals surface area (Å²) in [6, 6.07) is 5.41. The standard InChI is InChI=1S/C20H21F3N2O5/c1-4-29-19(27)14-6-7-15(24-12(14)2)18(26)25-16-11-13(20(21,22)23)5-8-17(16)30-10-9-28-3/h5-8,11H,4,9-10H2,1-3H3,(H,25,26). The lowest BCUT2D eigenvalue weighted by Crippen LogP contribution is -2.18. The van der Waals surface area contributed by atoms with Gasteiger partial charge in [0.1, 0.15) is 18.1 Å². The Kier molecular flexibility index (Phi) is 7.76. The van der Waals surface area contributed by atoms with Crippen LogP contribution in [-0.4, -0.2) is 43.8 Å². The maximum Gasteiger partial charge on any atom is 0.416 e. The van der Waals surface area contributed by atoms with Gasteiger partial charge in [0.25, 0.3) is 5.91 Å². The van der Waals surface area contributed by atoms with E-state index < -0.39 is 23.6 Å². The topological polar surface area (TPSA) is 86.8 Å². The zero-order valence-electron chi connectivity index (χ0n) is 16.6. The van der Waals surface area contributed by atoms with E-state index in [9.17, 15) is 22.8 Å². The number of carbonyl (C=O) groups excluding carboxylic acids is 2. The highest BCUT2D eigenvalue weighted by Crippen LogP contribution is 2.35. The van der Waals surface area contributed by atoms with E-state index in [4.69, 9.17) is 14.2 Å². The Hall–Kier alpha value is -3.14. The molecular formula is C20H21F3N2O5. The van der Waals surface area contributed by atoms with Crippen LogP contribution in [0.15, 0.2) is 30.3 Å². The zero-order valence-corrected chi connectivity index (χ0v) is 16.6. The molecule has 162 valence electrons. The number of carbonyl (C=O) groups is 2. The Morgan fingerprint density at radius 2 is 1.87 bits per heavy atom. The number of amides is 1. The van der Waals surface area contributed by atoms with Crippen LogP contribution >= 0.6 is 0 Å². The van der Waals surface area contributed by atoms with Crippen molar-refractivity contribution in [3.05, 3.63) is 52.8 Å². The lowest BCUT2D eigenvalue weighted by atomic mass is 10.1. The number of hydrogen-bond acceptors (Lipinski definition) is 6. The van der Waals surface area contributed by atoms with Gasteiger partial charge in [-0.25, -0.2) is 9.78 Å². The second-order valence-corrected chi connectivity index (χ2v) is 6.05. The normalized spacial score (nSPS) is 11.1. The third-order valence-corrected chi connectivity index (χ3v) is 3.91. The molecule has 0 radical (unpaired) electrons. The molecule has 0 atom stereocenters. The van der Waals surface area contributed by atoms with Gasteiger partial charge in [0.2, 0.25) is 0 Å². The largest absolute Gasteiger partial charge is 0.489 e. The first-order valence-corrected chi connectivity index (χ1v) is 8.96. The minimum Gasteiger partial charge on any atom is -0.489 e. The molecule has 1 aromatic heterocycles. The first-order valence-electron chi connectivity index (χ1n) is 8.96. The second kappa shape index (κ2) is 10.1. The molecule has 0 saturated heterocycles. The maximum absolute atomic E-state index is 13.1. The number of anilines is 1. The lowest BCUT2D eigenvalue weighted by molar-refractivity contribution is -0.137. The van der Waals surface area contributed by atoms with Crippen LogP contribution in [0.5, 0.6) is 5.75 Å². The lowest BCUT2D eigenvalue weighted by Gasteiger charge is -2.15. The molecule has 0 bridgehead atoms. The fraction of sp³-hybridized carbons (Fsp3) is 0.350. The number of aryl methyl sites for hydroxylation is 1. The Morgan fingerprint density at radius 3 is 2.47 bits per heavy atom. The van der Waals surface area contributed by atoms with Crippen molar-refractivity contribution in [3.8, 4) is 5.75 Å². The first kappa shape index (κ1) is 23.1. The zero-order chi connectivity index (χ0) is 22.3. The summed E-state index contributed by atoms with van der Waals surface area (Å²) in [6.07, 6.45) is -4.60. The fourth-order valence-corrected chi connectivity index (χ4v) is 2.46. The Morgan fingerprint density at radius 1 is 1.13 bits per heavy atom. The van der Waals surface area contributed by atoms with Crippen LogP contribution in [0, 0.1) is 6.92 Å². The summed E-state index contributed by atoms with van der Waals surface area (Å²) in [5.41, 5.74) is -0.753. The molecule has 0 aliphatic carbocycles. The van der Waals surface area contributed by atoms with Crippen molar-refractivity contribution >= 4 is 17.6 Å². The first-order chi connectivity index (χ1) is 14.2. The smallest absolute Gasteiger partial charge is 0.416 e. The number of benzene rings is 1. The number of nitrogens with zero attached hydrogens (tertiary/aromatic N) is 1. The van der Waals surface area contributed by atoms with Crippen molar-refractivity contribution in [1.29, 1.82) is 0 Å². The molecule has 0 aliphatic heterocycles. The molecule has 0 unspecified atom stereocenters. The van der Waals surface area contributed by atoms with Gasteiger partial charge in [-0.15, -0.1) is 0 Å². The van der Waals surface area contributed by atoms with E-state index >= 15 is 0 Å². The van der Waals surface area contributed by atoms with Crippen LogP contribution in [0.1, 0.15) is 39.0 Å². The van der Waals surface area contributed by atoms with Crippen molar-refractivity contribution in [2.24, 2.45) is 0 Å². The average Bonchev–Trinajstić information content (AvgIpc) is 2.68. The average molecular weight is 426 g/mol. The van der Waals surface area contributed by atoms with Gasteiger partial charge < -0.3 is 19.5 Å². The van der Waals surface area contributed by atoms with E-state index in [1.165, 1.54) is 26.2 Å². The van der Waals surface area contributed by atoms with Gasteiger partial charge in [0, 0.05) is 7.11 Å². The van der Waals surface area contributed by atoms with Crippen LogP contribution < -0.4 is 10.1 Å². The quantitative estimate of drug-likeness (QED) is 0.510. The highest BCUT2D eigenvalue weighted by Gasteiger charge is 2.31. The van der Waals surface area contributed by atoms with Gasteiger partial charge in [-0.2, -0.15) is 13.2 Å². The Labute approximate surface area is 171 Å². The molecule has 0 fully saturated rings. The summed E-state index contributed by atoms with van der Waals surface area (Å²) in [5.74, 6) is -1.29. The molecule has 0 aliphatic rings. The van der Waals surface area contributed by atoms with Crippen molar-refractivity contribution in [1.82, 2.24) is 4.98 Å². The van der Waals surface area contributed by atoms with Gasteiger partial charge >= 0.3 is 12.1 Å². The molecule has 1 aromatic carbocycles. The van der Waals surface area contributed by atoms with Crippen LogP contribution in [0.4, 0.5) is 18.9 Å². The minimum absolute atomic E-state index is 0.0493. The summed E-state index contributed by atoms with van der Waals surface area (Å²) in [4.78, 5) is 28.5. The van der Waals surface area contributed by atoms with Crippen molar-refractivity contribution < 1.29 is 37.0 Å². The molecule has 0 spiro atoms. The molecule has 10 heteroatoms.